The predicted molar refractivity (Wildman–Crippen MR) is 108 cm³/mol. The van der Waals surface area contributed by atoms with E-state index in [1.807, 2.05) is 24.3 Å². The van der Waals surface area contributed by atoms with Gasteiger partial charge in [-0.05, 0) is 69.5 Å². The molecular formula is C23H30O5. The van der Waals surface area contributed by atoms with Crippen molar-refractivity contribution in [1.82, 2.24) is 0 Å². The second-order valence-electron chi connectivity index (χ2n) is 8.46. The predicted octanol–water partition coefficient (Wildman–Crippen LogP) is 4.05. The quantitative estimate of drug-likeness (QED) is 0.733. The van der Waals surface area contributed by atoms with E-state index in [4.69, 9.17) is 24.4 Å². The van der Waals surface area contributed by atoms with Crippen LogP contribution in [0.25, 0.3) is 0 Å². The Balaban J connectivity index is 0.000000162. The minimum Gasteiger partial charge on any atom is -0.508 e. The number of aromatic hydroxyl groups is 2. The van der Waals surface area contributed by atoms with Crippen molar-refractivity contribution in [3.05, 3.63) is 59.7 Å². The molecule has 2 N–H and O–H groups in total. The zero-order valence-corrected chi connectivity index (χ0v) is 17.0. The van der Waals surface area contributed by atoms with Crippen LogP contribution >= 0.6 is 0 Å². The molecule has 0 spiro atoms. The SMILES string of the molecule is CC(C)(OC(C)(C)C1CO1)C1CO1.Oc1ccc(Cc2ccc(O)cc2)cc1. The number of phenolic OH excluding ortho intramolecular Hbond substituents is 2. The van der Waals surface area contributed by atoms with Crippen LogP contribution in [-0.4, -0.2) is 46.8 Å². The summed E-state index contributed by atoms with van der Waals surface area (Å²) in [7, 11) is 0. The van der Waals surface area contributed by atoms with Gasteiger partial charge < -0.3 is 24.4 Å². The van der Waals surface area contributed by atoms with Crippen LogP contribution in [0.2, 0.25) is 0 Å². The van der Waals surface area contributed by atoms with Gasteiger partial charge in [-0.15, -0.1) is 0 Å². The maximum atomic E-state index is 9.13. The second kappa shape index (κ2) is 8.11. The average molecular weight is 386 g/mol. The first-order valence-electron chi connectivity index (χ1n) is 9.65. The number of hydrogen-bond acceptors (Lipinski definition) is 5. The van der Waals surface area contributed by atoms with Gasteiger partial charge in [0, 0.05) is 0 Å². The van der Waals surface area contributed by atoms with E-state index in [1.165, 1.54) is 0 Å². The van der Waals surface area contributed by atoms with Gasteiger partial charge in [0.2, 0.25) is 0 Å². The van der Waals surface area contributed by atoms with Crippen LogP contribution < -0.4 is 0 Å². The average Bonchev–Trinajstić information content (AvgIpc) is 3.49. The van der Waals surface area contributed by atoms with Crippen LogP contribution in [0.15, 0.2) is 48.5 Å². The van der Waals surface area contributed by atoms with Gasteiger partial charge in [0.05, 0.1) is 24.4 Å². The van der Waals surface area contributed by atoms with Crippen molar-refractivity contribution < 1.29 is 24.4 Å². The number of ether oxygens (including phenoxy) is 3. The molecule has 0 amide bonds. The van der Waals surface area contributed by atoms with E-state index in [-0.39, 0.29) is 34.9 Å². The Kier molecular flexibility index (Phi) is 5.98. The highest BCUT2D eigenvalue weighted by atomic mass is 16.6. The van der Waals surface area contributed by atoms with Crippen LogP contribution in [0.1, 0.15) is 38.8 Å². The van der Waals surface area contributed by atoms with Gasteiger partial charge in [-0.2, -0.15) is 0 Å². The van der Waals surface area contributed by atoms with Gasteiger partial charge in [-0.3, -0.25) is 0 Å². The Bertz CT molecular complexity index is 691. The highest BCUT2D eigenvalue weighted by Gasteiger charge is 2.49. The summed E-state index contributed by atoms with van der Waals surface area (Å²) in [6, 6.07) is 14.3. The highest BCUT2D eigenvalue weighted by molar-refractivity contribution is 5.33. The van der Waals surface area contributed by atoms with E-state index in [1.54, 1.807) is 24.3 Å². The van der Waals surface area contributed by atoms with Crippen molar-refractivity contribution in [2.24, 2.45) is 0 Å². The third-order valence-corrected chi connectivity index (χ3v) is 5.02. The van der Waals surface area contributed by atoms with E-state index < -0.39 is 0 Å². The van der Waals surface area contributed by atoms with Crippen molar-refractivity contribution in [2.75, 3.05) is 13.2 Å². The molecule has 152 valence electrons. The third kappa shape index (κ3) is 5.96. The van der Waals surface area contributed by atoms with Crippen molar-refractivity contribution >= 4 is 0 Å². The Labute approximate surface area is 166 Å². The van der Waals surface area contributed by atoms with E-state index >= 15 is 0 Å². The number of epoxide rings is 2. The molecule has 0 saturated carbocycles. The van der Waals surface area contributed by atoms with Crippen molar-refractivity contribution in [2.45, 2.75) is 57.5 Å². The second-order valence-corrected chi connectivity index (χ2v) is 8.46. The molecule has 0 bridgehead atoms. The molecule has 2 unspecified atom stereocenters. The Morgan fingerprint density at radius 2 is 1.07 bits per heavy atom. The molecule has 2 aromatic carbocycles. The van der Waals surface area contributed by atoms with Crippen LogP contribution in [0, 0.1) is 0 Å². The summed E-state index contributed by atoms with van der Waals surface area (Å²) >= 11 is 0. The first kappa shape index (κ1) is 20.6. The lowest BCUT2D eigenvalue weighted by molar-refractivity contribution is -0.142. The Hall–Kier alpha value is -2.08. The van der Waals surface area contributed by atoms with Crippen LogP contribution in [0.4, 0.5) is 0 Å². The summed E-state index contributed by atoms with van der Waals surface area (Å²) in [6.07, 6.45) is 1.34. The normalized spacial score (nSPS) is 20.9. The van der Waals surface area contributed by atoms with Gasteiger partial charge in [0.25, 0.3) is 0 Å². The fourth-order valence-corrected chi connectivity index (χ4v) is 3.17. The topological polar surface area (TPSA) is 74.8 Å². The first-order chi connectivity index (χ1) is 13.2. The summed E-state index contributed by atoms with van der Waals surface area (Å²) in [5.74, 6) is 0.564. The molecule has 2 saturated heterocycles. The van der Waals surface area contributed by atoms with E-state index in [9.17, 15) is 0 Å². The van der Waals surface area contributed by atoms with Gasteiger partial charge in [0.15, 0.2) is 0 Å². The monoisotopic (exact) mass is 386 g/mol. The lowest BCUT2D eigenvalue weighted by Crippen LogP contribution is -2.44. The van der Waals surface area contributed by atoms with Crippen molar-refractivity contribution in [1.29, 1.82) is 0 Å². The summed E-state index contributed by atoms with van der Waals surface area (Å²) in [6.45, 7) is 9.97. The highest BCUT2D eigenvalue weighted by Crippen LogP contribution is 2.36. The Morgan fingerprint density at radius 3 is 1.36 bits per heavy atom. The number of hydrogen-bond donors (Lipinski definition) is 2. The Morgan fingerprint density at radius 1 is 0.750 bits per heavy atom. The van der Waals surface area contributed by atoms with E-state index in [2.05, 4.69) is 27.7 Å². The van der Waals surface area contributed by atoms with E-state index in [0.29, 0.717) is 0 Å². The number of phenols is 2. The molecule has 2 fully saturated rings. The molecule has 0 radical (unpaired) electrons. The zero-order chi connectivity index (χ0) is 20.4. The molecule has 4 rings (SSSR count). The molecule has 2 atom stereocenters. The van der Waals surface area contributed by atoms with Gasteiger partial charge in [-0.25, -0.2) is 0 Å². The number of benzene rings is 2. The standard InChI is InChI=1S/C13H12O2.C10H18O3/c14-12-5-1-10(2-6-12)9-11-3-7-13(15)8-4-11;1-9(2,7-5-11-7)13-10(3,4)8-6-12-8/h1-8,14-15H,9H2;7-8H,5-6H2,1-4H3. The molecular weight excluding hydrogens is 356 g/mol. The summed E-state index contributed by atoms with van der Waals surface area (Å²) in [4.78, 5) is 0. The van der Waals surface area contributed by atoms with Gasteiger partial charge in [0.1, 0.15) is 23.7 Å². The van der Waals surface area contributed by atoms with Gasteiger partial charge in [-0.1, -0.05) is 24.3 Å². The van der Waals surface area contributed by atoms with E-state index in [0.717, 1.165) is 30.8 Å². The molecule has 0 aromatic heterocycles. The summed E-state index contributed by atoms with van der Waals surface area (Å²) < 4.78 is 16.5. The minimum absolute atomic E-state index is 0.185. The van der Waals surface area contributed by atoms with Crippen molar-refractivity contribution in [3.63, 3.8) is 0 Å². The molecule has 5 nitrogen and oxygen atoms in total. The molecule has 0 aliphatic carbocycles. The van der Waals surface area contributed by atoms with Crippen LogP contribution in [-0.2, 0) is 20.6 Å². The van der Waals surface area contributed by atoms with Crippen LogP contribution in [0.3, 0.4) is 0 Å². The summed E-state index contributed by atoms with van der Waals surface area (Å²) in [5.41, 5.74) is 1.90. The fraction of sp³-hybridized carbons (Fsp3) is 0.478. The minimum atomic E-state index is -0.185. The third-order valence-electron chi connectivity index (χ3n) is 5.02. The zero-order valence-electron chi connectivity index (χ0n) is 17.0. The molecule has 2 aromatic rings. The fourth-order valence-electron chi connectivity index (χ4n) is 3.17. The maximum Gasteiger partial charge on any atom is 0.115 e. The summed E-state index contributed by atoms with van der Waals surface area (Å²) in [5, 5.41) is 18.3. The van der Waals surface area contributed by atoms with Crippen LogP contribution in [0.5, 0.6) is 11.5 Å². The smallest absolute Gasteiger partial charge is 0.115 e. The van der Waals surface area contributed by atoms with Crippen molar-refractivity contribution in [3.8, 4) is 11.5 Å². The lowest BCUT2D eigenvalue weighted by atomic mass is 10.0. The molecule has 2 aliphatic heterocycles. The number of rotatable bonds is 6. The first-order valence-corrected chi connectivity index (χ1v) is 9.65. The molecule has 2 aliphatic rings. The van der Waals surface area contributed by atoms with Gasteiger partial charge >= 0.3 is 0 Å². The molecule has 28 heavy (non-hydrogen) atoms. The lowest BCUT2D eigenvalue weighted by Gasteiger charge is -2.34. The maximum absolute atomic E-state index is 9.13. The molecule has 2 heterocycles. The largest absolute Gasteiger partial charge is 0.508 e. The molecule has 5 heteroatoms.